The number of nitriles is 1. The Morgan fingerprint density at radius 3 is 2.70 bits per heavy atom. The molecule has 30 heavy (non-hydrogen) atoms. The average Bonchev–Trinajstić information content (AvgIpc) is 3.03. The van der Waals surface area contributed by atoms with Crippen LogP contribution in [0.4, 0.5) is 5.82 Å². The highest BCUT2D eigenvalue weighted by Crippen LogP contribution is 2.18. The lowest BCUT2D eigenvalue weighted by atomic mass is 10.1. The third kappa shape index (κ3) is 7.75. The van der Waals surface area contributed by atoms with Crippen LogP contribution in [0.2, 0.25) is 0 Å². The van der Waals surface area contributed by atoms with E-state index in [1.54, 1.807) is 6.20 Å². The summed E-state index contributed by atoms with van der Waals surface area (Å²) in [4.78, 5) is 19.1. The molecule has 1 aromatic carbocycles. The molecule has 0 bridgehead atoms. The van der Waals surface area contributed by atoms with E-state index in [1.165, 1.54) is 0 Å². The number of carbonyl (C=O) groups is 1. The standard InChI is InChI=1S/C23H31N3O2.CHN/c1-2-3-17-28-21-11-9-19(10-12-21)18-23(27)26-15-6-7-20(13-16-26)25-22-8-4-5-14-24-22;1-2/h4-5,8-12,14,20H,2-3,6-7,13,15-18H2,1H3,(H,24,25);1H. The van der Waals surface area contributed by atoms with E-state index in [1.807, 2.05) is 47.4 Å². The van der Waals surface area contributed by atoms with Crippen molar-refractivity contribution in [3.05, 3.63) is 54.2 Å². The first-order valence-corrected chi connectivity index (χ1v) is 10.7. The molecule has 3 rings (SSSR count). The van der Waals surface area contributed by atoms with Gasteiger partial charge in [-0.15, -0.1) is 0 Å². The fourth-order valence-corrected chi connectivity index (χ4v) is 3.47. The Labute approximate surface area is 179 Å². The van der Waals surface area contributed by atoms with Crippen LogP contribution in [0.25, 0.3) is 0 Å². The number of unbranched alkanes of at least 4 members (excludes halogenated alkanes) is 1. The van der Waals surface area contributed by atoms with Gasteiger partial charge in [0.05, 0.1) is 13.0 Å². The molecule has 0 saturated carbocycles. The minimum absolute atomic E-state index is 0.207. The highest BCUT2D eigenvalue weighted by molar-refractivity contribution is 5.78. The maximum absolute atomic E-state index is 12.7. The predicted molar refractivity (Wildman–Crippen MR) is 119 cm³/mol. The zero-order valence-corrected chi connectivity index (χ0v) is 17.8. The molecule has 1 N–H and O–H groups in total. The average molecular weight is 409 g/mol. The van der Waals surface area contributed by atoms with E-state index >= 15 is 0 Å². The fourth-order valence-electron chi connectivity index (χ4n) is 3.47. The van der Waals surface area contributed by atoms with Crippen LogP contribution >= 0.6 is 0 Å². The van der Waals surface area contributed by atoms with Gasteiger partial charge < -0.3 is 15.0 Å². The van der Waals surface area contributed by atoms with Gasteiger partial charge in [0.1, 0.15) is 11.6 Å². The molecule has 1 fully saturated rings. The summed E-state index contributed by atoms with van der Waals surface area (Å²) in [6, 6.07) is 14.2. The molecule has 6 heteroatoms. The molecule has 6 nitrogen and oxygen atoms in total. The molecule has 0 radical (unpaired) electrons. The van der Waals surface area contributed by atoms with Crippen molar-refractivity contribution in [3.63, 3.8) is 0 Å². The van der Waals surface area contributed by atoms with Crippen molar-refractivity contribution in [2.45, 2.75) is 51.5 Å². The van der Waals surface area contributed by atoms with Crippen molar-refractivity contribution < 1.29 is 9.53 Å². The summed E-state index contributed by atoms with van der Waals surface area (Å²) in [6.07, 6.45) is 7.46. The molecule has 2 aromatic rings. The van der Waals surface area contributed by atoms with Crippen molar-refractivity contribution in [2.75, 3.05) is 25.0 Å². The Kier molecular flexibility index (Phi) is 10.2. The van der Waals surface area contributed by atoms with Gasteiger partial charge in [-0.3, -0.25) is 4.79 Å². The zero-order chi connectivity index (χ0) is 21.6. The Morgan fingerprint density at radius 1 is 1.20 bits per heavy atom. The quantitative estimate of drug-likeness (QED) is 0.654. The van der Waals surface area contributed by atoms with Crippen molar-refractivity contribution in [1.82, 2.24) is 9.88 Å². The minimum Gasteiger partial charge on any atom is -0.494 e. The number of likely N-dealkylation sites (tertiary alicyclic amines) is 1. The largest absolute Gasteiger partial charge is 0.494 e. The van der Waals surface area contributed by atoms with Crippen molar-refractivity contribution >= 4 is 11.7 Å². The lowest BCUT2D eigenvalue weighted by Gasteiger charge is -2.21. The molecule has 2 heterocycles. The molecule has 0 spiro atoms. The molecule has 1 unspecified atom stereocenters. The van der Waals surface area contributed by atoms with E-state index in [0.717, 1.165) is 68.9 Å². The first kappa shape index (κ1) is 23.2. The van der Waals surface area contributed by atoms with Gasteiger partial charge >= 0.3 is 0 Å². The number of pyridine rings is 1. The Hall–Kier alpha value is -3.07. The SMILES string of the molecule is C#N.CCCCOc1ccc(CC(=O)N2CCCC(Nc3ccccn3)CC2)cc1. The highest BCUT2D eigenvalue weighted by Gasteiger charge is 2.21. The van der Waals surface area contributed by atoms with Crippen molar-refractivity contribution in [1.29, 1.82) is 5.26 Å². The van der Waals surface area contributed by atoms with Gasteiger partial charge in [0.25, 0.3) is 0 Å². The van der Waals surface area contributed by atoms with Crippen LogP contribution in [0.1, 0.15) is 44.6 Å². The summed E-state index contributed by atoms with van der Waals surface area (Å²) >= 11 is 0. The van der Waals surface area contributed by atoms with Gasteiger partial charge in [0.15, 0.2) is 0 Å². The summed E-state index contributed by atoms with van der Waals surface area (Å²) in [5, 5.41) is 9.99. The number of ether oxygens (including phenoxy) is 1. The number of hydrogen-bond acceptors (Lipinski definition) is 5. The van der Waals surface area contributed by atoms with E-state index in [0.29, 0.717) is 12.5 Å². The Morgan fingerprint density at radius 2 is 2.00 bits per heavy atom. The number of aromatic nitrogens is 1. The third-order valence-corrected chi connectivity index (χ3v) is 5.14. The number of nitrogens with one attached hydrogen (secondary N) is 1. The normalized spacial score (nSPS) is 16.0. The summed E-state index contributed by atoms with van der Waals surface area (Å²) in [5.41, 5.74) is 1.04. The van der Waals surface area contributed by atoms with Gasteiger partial charge in [-0.25, -0.2) is 10.2 Å². The topological polar surface area (TPSA) is 78.2 Å². The fraction of sp³-hybridized carbons (Fsp3) is 0.458. The van der Waals surface area contributed by atoms with E-state index in [4.69, 9.17) is 10.00 Å². The molecule has 1 aliphatic rings. The van der Waals surface area contributed by atoms with Gasteiger partial charge in [-0.1, -0.05) is 31.5 Å². The van der Waals surface area contributed by atoms with Crippen LogP contribution in [0.5, 0.6) is 5.75 Å². The molecule has 1 saturated heterocycles. The van der Waals surface area contributed by atoms with Crippen LogP contribution in [0.15, 0.2) is 48.7 Å². The second-order valence-corrected chi connectivity index (χ2v) is 7.39. The molecule has 1 aromatic heterocycles. The van der Waals surface area contributed by atoms with Crippen molar-refractivity contribution in [2.24, 2.45) is 0 Å². The molecule has 160 valence electrons. The van der Waals surface area contributed by atoms with Gasteiger partial charge in [0, 0.05) is 31.9 Å². The first-order chi connectivity index (χ1) is 14.7. The Bertz CT molecular complexity index is 762. The lowest BCUT2D eigenvalue weighted by molar-refractivity contribution is -0.130. The van der Waals surface area contributed by atoms with Crippen LogP contribution < -0.4 is 10.1 Å². The van der Waals surface area contributed by atoms with E-state index in [9.17, 15) is 4.79 Å². The zero-order valence-electron chi connectivity index (χ0n) is 17.8. The van der Waals surface area contributed by atoms with Crippen LogP contribution in [-0.2, 0) is 11.2 Å². The number of rotatable bonds is 8. The van der Waals surface area contributed by atoms with Gasteiger partial charge in [0.2, 0.25) is 5.91 Å². The molecule has 1 amide bonds. The molecule has 1 aliphatic heterocycles. The van der Waals surface area contributed by atoms with E-state index in [-0.39, 0.29) is 5.91 Å². The first-order valence-electron chi connectivity index (χ1n) is 10.7. The number of anilines is 1. The smallest absolute Gasteiger partial charge is 0.226 e. The molecule has 1 atom stereocenters. The van der Waals surface area contributed by atoms with Crippen LogP contribution in [-0.4, -0.2) is 41.5 Å². The van der Waals surface area contributed by atoms with Gasteiger partial charge in [-0.2, -0.15) is 0 Å². The monoisotopic (exact) mass is 408 g/mol. The third-order valence-electron chi connectivity index (χ3n) is 5.14. The van der Waals surface area contributed by atoms with Crippen LogP contribution in [0, 0.1) is 11.8 Å². The summed E-state index contributed by atoms with van der Waals surface area (Å²) < 4.78 is 5.69. The second-order valence-electron chi connectivity index (χ2n) is 7.39. The van der Waals surface area contributed by atoms with E-state index < -0.39 is 0 Å². The number of carbonyl (C=O) groups excluding carboxylic acids is 1. The number of nitrogens with zero attached hydrogens (tertiary/aromatic N) is 3. The highest BCUT2D eigenvalue weighted by atomic mass is 16.5. The number of amides is 1. The predicted octanol–water partition coefficient (Wildman–Crippen LogP) is 4.44. The van der Waals surface area contributed by atoms with Crippen molar-refractivity contribution in [3.8, 4) is 12.3 Å². The molecular weight excluding hydrogens is 376 g/mol. The summed E-state index contributed by atoms with van der Waals surface area (Å²) in [5.74, 6) is 1.99. The maximum Gasteiger partial charge on any atom is 0.226 e. The number of hydrogen-bond donors (Lipinski definition) is 1. The molecular formula is C24H32N4O2. The minimum atomic E-state index is 0.207. The Balaban J connectivity index is 0.00000155. The summed E-state index contributed by atoms with van der Waals surface area (Å²) in [7, 11) is 0. The van der Waals surface area contributed by atoms with E-state index in [2.05, 4.69) is 23.8 Å². The van der Waals surface area contributed by atoms with Crippen LogP contribution in [0.3, 0.4) is 0 Å². The lowest BCUT2D eigenvalue weighted by Crippen LogP contribution is -2.33. The van der Waals surface area contributed by atoms with Gasteiger partial charge in [-0.05, 0) is 55.5 Å². The molecule has 0 aliphatic carbocycles. The number of benzene rings is 1. The maximum atomic E-state index is 12.7. The summed E-state index contributed by atoms with van der Waals surface area (Å²) in [6.45, 7) is 8.02. The second kappa shape index (κ2) is 13.2.